The van der Waals surface area contributed by atoms with E-state index >= 15 is 0 Å². The average Bonchev–Trinajstić information content (AvgIpc) is 2.67. The summed E-state index contributed by atoms with van der Waals surface area (Å²) < 4.78 is 13.4. The van der Waals surface area contributed by atoms with E-state index in [2.05, 4.69) is 20.2 Å². The number of fused-ring (bicyclic) bond motifs is 1. The van der Waals surface area contributed by atoms with Crippen LogP contribution in [-0.4, -0.2) is 52.9 Å². The molecule has 134 valence electrons. The molecule has 3 heterocycles. The highest BCUT2D eigenvalue weighted by Crippen LogP contribution is 2.34. The minimum Gasteiger partial charge on any atom is -0.352 e. The number of carbonyl (C=O) groups is 2. The molecular formula is C18H18FN5O2. The SMILES string of the molecule is O=C1C[C@H](C(=O)N2CCN(c3cnccn3)CC2)c2ccc(F)cc2N1. The van der Waals surface area contributed by atoms with Crippen molar-refractivity contribution >= 4 is 23.3 Å². The summed E-state index contributed by atoms with van der Waals surface area (Å²) in [6.45, 7) is 2.40. The molecule has 1 aromatic heterocycles. The maximum Gasteiger partial charge on any atom is 0.230 e. The van der Waals surface area contributed by atoms with Gasteiger partial charge in [-0.15, -0.1) is 0 Å². The molecule has 2 amide bonds. The quantitative estimate of drug-likeness (QED) is 0.881. The van der Waals surface area contributed by atoms with Crippen molar-refractivity contribution in [1.82, 2.24) is 14.9 Å². The van der Waals surface area contributed by atoms with E-state index in [4.69, 9.17) is 0 Å². The minimum absolute atomic E-state index is 0.0852. The standard InChI is InChI=1S/C18H18FN5O2/c19-12-1-2-13-14(10-17(25)22-15(13)9-12)18(26)24-7-5-23(6-8-24)16-11-20-3-4-21-16/h1-4,9,11,14H,5-8,10H2,(H,22,25)/t14-/m0/s1. The summed E-state index contributed by atoms with van der Waals surface area (Å²) in [7, 11) is 0. The monoisotopic (exact) mass is 355 g/mol. The molecule has 7 nitrogen and oxygen atoms in total. The highest BCUT2D eigenvalue weighted by Gasteiger charge is 2.34. The van der Waals surface area contributed by atoms with E-state index in [0.29, 0.717) is 37.4 Å². The Morgan fingerprint density at radius 2 is 2.00 bits per heavy atom. The van der Waals surface area contributed by atoms with Crippen LogP contribution in [0.15, 0.2) is 36.8 Å². The van der Waals surface area contributed by atoms with E-state index in [0.717, 1.165) is 5.82 Å². The number of benzene rings is 1. The number of anilines is 2. The molecule has 0 unspecified atom stereocenters. The zero-order valence-corrected chi connectivity index (χ0v) is 14.1. The Morgan fingerprint density at radius 1 is 1.19 bits per heavy atom. The van der Waals surface area contributed by atoms with Gasteiger partial charge >= 0.3 is 0 Å². The van der Waals surface area contributed by atoms with Gasteiger partial charge in [0, 0.05) is 50.7 Å². The Bertz CT molecular complexity index is 837. The molecule has 1 aromatic carbocycles. The number of hydrogen-bond donors (Lipinski definition) is 1. The van der Waals surface area contributed by atoms with Gasteiger partial charge in [0.2, 0.25) is 11.8 Å². The van der Waals surface area contributed by atoms with E-state index in [-0.39, 0.29) is 18.2 Å². The van der Waals surface area contributed by atoms with Crippen molar-refractivity contribution in [2.24, 2.45) is 0 Å². The lowest BCUT2D eigenvalue weighted by Gasteiger charge is -2.37. The zero-order valence-electron chi connectivity index (χ0n) is 14.1. The average molecular weight is 355 g/mol. The van der Waals surface area contributed by atoms with Crippen molar-refractivity contribution in [2.45, 2.75) is 12.3 Å². The number of carbonyl (C=O) groups excluding carboxylic acids is 2. The molecule has 0 aliphatic carbocycles. The Morgan fingerprint density at radius 3 is 2.73 bits per heavy atom. The van der Waals surface area contributed by atoms with Crippen LogP contribution < -0.4 is 10.2 Å². The fourth-order valence-electron chi connectivity index (χ4n) is 3.49. The lowest BCUT2D eigenvalue weighted by molar-refractivity contribution is -0.135. The van der Waals surface area contributed by atoms with Crippen molar-refractivity contribution in [3.05, 3.63) is 48.2 Å². The molecule has 2 aliphatic rings. The van der Waals surface area contributed by atoms with Gasteiger partial charge in [0.05, 0.1) is 12.1 Å². The number of halogens is 1. The highest BCUT2D eigenvalue weighted by molar-refractivity contribution is 6.01. The number of rotatable bonds is 2. The van der Waals surface area contributed by atoms with Crippen molar-refractivity contribution in [1.29, 1.82) is 0 Å². The van der Waals surface area contributed by atoms with Gasteiger partial charge in [0.25, 0.3) is 0 Å². The van der Waals surface area contributed by atoms with Gasteiger partial charge < -0.3 is 15.1 Å². The smallest absolute Gasteiger partial charge is 0.230 e. The van der Waals surface area contributed by atoms with Gasteiger partial charge in [-0.3, -0.25) is 14.6 Å². The maximum atomic E-state index is 13.4. The van der Waals surface area contributed by atoms with Crippen molar-refractivity contribution in [3.63, 3.8) is 0 Å². The first-order valence-corrected chi connectivity index (χ1v) is 8.51. The molecule has 1 N–H and O–H groups in total. The Balaban J connectivity index is 1.48. The fourth-order valence-corrected chi connectivity index (χ4v) is 3.49. The first kappa shape index (κ1) is 16.4. The number of aromatic nitrogens is 2. The molecule has 1 saturated heterocycles. The first-order chi connectivity index (χ1) is 12.6. The molecule has 0 bridgehead atoms. The predicted octanol–water partition coefficient (Wildman–Crippen LogP) is 1.39. The molecule has 26 heavy (non-hydrogen) atoms. The third kappa shape index (κ3) is 3.10. The zero-order chi connectivity index (χ0) is 18.1. The number of nitrogens with one attached hydrogen (secondary N) is 1. The van der Waals surface area contributed by atoms with Crippen LogP contribution in [0.1, 0.15) is 17.9 Å². The van der Waals surface area contributed by atoms with E-state index < -0.39 is 11.7 Å². The van der Waals surface area contributed by atoms with Crippen molar-refractivity contribution in [3.8, 4) is 0 Å². The van der Waals surface area contributed by atoms with Gasteiger partial charge in [-0.1, -0.05) is 6.07 Å². The Hall–Kier alpha value is -3.03. The second kappa shape index (κ2) is 6.70. The van der Waals surface area contributed by atoms with E-state index in [1.165, 1.54) is 12.1 Å². The Kier molecular flexibility index (Phi) is 4.24. The van der Waals surface area contributed by atoms with Gasteiger partial charge in [-0.2, -0.15) is 0 Å². The van der Waals surface area contributed by atoms with Crippen LogP contribution in [0.25, 0.3) is 0 Å². The fraction of sp³-hybridized carbons (Fsp3) is 0.333. The van der Waals surface area contributed by atoms with Gasteiger partial charge in [-0.25, -0.2) is 9.37 Å². The van der Waals surface area contributed by atoms with Crippen LogP contribution in [0.4, 0.5) is 15.9 Å². The van der Waals surface area contributed by atoms with Gasteiger partial charge in [0.15, 0.2) is 0 Å². The molecule has 2 aromatic rings. The van der Waals surface area contributed by atoms with E-state index in [1.807, 2.05) is 0 Å². The molecule has 4 rings (SSSR count). The van der Waals surface area contributed by atoms with Crippen LogP contribution in [0, 0.1) is 5.82 Å². The van der Waals surface area contributed by atoms with Crippen LogP contribution in [0.5, 0.6) is 0 Å². The van der Waals surface area contributed by atoms with E-state index in [9.17, 15) is 14.0 Å². The summed E-state index contributed by atoms with van der Waals surface area (Å²) in [5.74, 6) is -0.569. The maximum absolute atomic E-state index is 13.4. The second-order valence-corrected chi connectivity index (χ2v) is 6.41. The largest absolute Gasteiger partial charge is 0.352 e. The molecule has 1 atom stereocenters. The predicted molar refractivity (Wildman–Crippen MR) is 93.2 cm³/mol. The molecule has 2 aliphatic heterocycles. The summed E-state index contributed by atoms with van der Waals surface area (Å²) >= 11 is 0. The third-order valence-electron chi connectivity index (χ3n) is 4.82. The van der Waals surface area contributed by atoms with Crippen LogP contribution in [0.2, 0.25) is 0 Å². The second-order valence-electron chi connectivity index (χ2n) is 6.41. The van der Waals surface area contributed by atoms with Crippen LogP contribution in [0.3, 0.4) is 0 Å². The van der Waals surface area contributed by atoms with Crippen molar-refractivity contribution in [2.75, 3.05) is 36.4 Å². The summed E-state index contributed by atoms with van der Waals surface area (Å²) in [4.78, 5) is 37.1. The van der Waals surface area contributed by atoms with Crippen molar-refractivity contribution < 1.29 is 14.0 Å². The minimum atomic E-state index is -0.567. The van der Waals surface area contributed by atoms with Crippen LogP contribution in [-0.2, 0) is 9.59 Å². The lowest BCUT2D eigenvalue weighted by Crippen LogP contribution is -2.51. The Labute approximate surface area is 149 Å². The summed E-state index contributed by atoms with van der Waals surface area (Å²) in [5.41, 5.74) is 1.06. The number of hydrogen-bond acceptors (Lipinski definition) is 5. The topological polar surface area (TPSA) is 78.4 Å². The molecule has 1 fully saturated rings. The molecular weight excluding hydrogens is 337 g/mol. The van der Waals surface area contributed by atoms with Gasteiger partial charge in [-0.05, 0) is 17.7 Å². The van der Waals surface area contributed by atoms with Gasteiger partial charge in [0.1, 0.15) is 11.6 Å². The number of amides is 2. The summed E-state index contributed by atoms with van der Waals surface area (Å²) in [6.07, 6.45) is 5.05. The van der Waals surface area contributed by atoms with Crippen LogP contribution >= 0.6 is 0 Å². The molecule has 8 heteroatoms. The first-order valence-electron chi connectivity index (χ1n) is 8.51. The molecule has 0 saturated carbocycles. The number of piperazine rings is 1. The third-order valence-corrected chi connectivity index (χ3v) is 4.82. The summed E-state index contributed by atoms with van der Waals surface area (Å²) in [5, 5.41) is 2.64. The number of nitrogens with zero attached hydrogens (tertiary/aromatic N) is 4. The normalized spacial score (nSPS) is 19.7. The molecule has 0 radical (unpaired) electrons. The molecule has 0 spiro atoms. The lowest BCUT2D eigenvalue weighted by atomic mass is 9.89. The summed E-state index contributed by atoms with van der Waals surface area (Å²) in [6, 6.07) is 4.17. The van der Waals surface area contributed by atoms with E-state index in [1.54, 1.807) is 29.6 Å². The highest BCUT2D eigenvalue weighted by atomic mass is 19.1.